The standard InChI is InChI=1S/C18H18/c1-18(2,3)12-17-15-10-6-4-8-13(15)14-9-5-7-11-16(14)17/h4-12H,1-3H3. The maximum atomic E-state index is 2.39. The van der Waals surface area contributed by atoms with Gasteiger partial charge in [-0.05, 0) is 33.2 Å². The van der Waals surface area contributed by atoms with Crippen molar-refractivity contribution in [3.05, 3.63) is 65.7 Å². The Morgan fingerprint density at radius 2 is 1.06 bits per heavy atom. The quantitative estimate of drug-likeness (QED) is 0.505. The summed E-state index contributed by atoms with van der Waals surface area (Å²) in [4.78, 5) is 0. The van der Waals surface area contributed by atoms with E-state index < -0.39 is 0 Å². The van der Waals surface area contributed by atoms with Crippen LogP contribution in [0.5, 0.6) is 0 Å². The molecule has 0 heteroatoms. The lowest BCUT2D eigenvalue weighted by atomic mass is 9.90. The van der Waals surface area contributed by atoms with E-state index in [1.165, 1.54) is 27.8 Å². The molecule has 0 nitrogen and oxygen atoms in total. The zero-order valence-electron chi connectivity index (χ0n) is 11.2. The summed E-state index contributed by atoms with van der Waals surface area (Å²) in [6.45, 7) is 6.76. The topological polar surface area (TPSA) is 0 Å². The highest BCUT2D eigenvalue weighted by molar-refractivity contribution is 6.01. The normalized spacial score (nSPS) is 13.2. The molecule has 0 bridgehead atoms. The molecular weight excluding hydrogens is 216 g/mol. The van der Waals surface area contributed by atoms with Crippen molar-refractivity contribution >= 4 is 5.57 Å². The maximum absolute atomic E-state index is 2.39. The SMILES string of the molecule is CC(C)(C)C=C1c2ccccc2-c2ccccc21. The molecular formula is C18H18. The van der Waals surface area contributed by atoms with Crippen LogP contribution in [-0.2, 0) is 0 Å². The summed E-state index contributed by atoms with van der Waals surface area (Å²) >= 11 is 0. The van der Waals surface area contributed by atoms with Crippen LogP contribution in [0.2, 0.25) is 0 Å². The molecule has 0 saturated heterocycles. The number of benzene rings is 2. The number of hydrogen-bond donors (Lipinski definition) is 0. The van der Waals surface area contributed by atoms with E-state index in [-0.39, 0.29) is 5.41 Å². The van der Waals surface area contributed by atoms with E-state index in [4.69, 9.17) is 0 Å². The fourth-order valence-electron chi connectivity index (χ4n) is 2.64. The fraction of sp³-hybridized carbons (Fsp3) is 0.222. The van der Waals surface area contributed by atoms with Gasteiger partial charge in [-0.15, -0.1) is 0 Å². The van der Waals surface area contributed by atoms with E-state index in [0.717, 1.165) is 0 Å². The first-order valence-corrected chi connectivity index (χ1v) is 6.48. The number of rotatable bonds is 0. The number of fused-ring (bicyclic) bond motifs is 3. The predicted molar refractivity (Wildman–Crippen MR) is 78.4 cm³/mol. The zero-order valence-corrected chi connectivity index (χ0v) is 11.2. The van der Waals surface area contributed by atoms with Crippen LogP contribution < -0.4 is 0 Å². The minimum Gasteiger partial charge on any atom is -0.0706 e. The second-order valence-corrected chi connectivity index (χ2v) is 6.02. The summed E-state index contributed by atoms with van der Waals surface area (Å²) < 4.78 is 0. The molecule has 0 atom stereocenters. The van der Waals surface area contributed by atoms with Gasteiger partial charge in [-0.3, -0.25) is 0 Å². The van der Waals surface area contributed by atoms with Crippen LogP contribution in [0.15, 0.2) is 54.6 Å². The second-order valence-electron chi connectivity index (χ2n) is 6.02. The Balaban J connectivity index is 2.31. The number of allylic oxidation sites excluding steroid dienone is 1. The minimum atomic E-state index is 0.194. The first kappa shape index (κ1) is 11.3. The molecule has 0 amide bonds. The molecule has 3 rings (SSSR count). The van der Waals surface area contributed by atoms with Crippen molar-refractivity contribution in [1.82, 2.24) is 0 Å². The van der Waals surface area contributed by atoms with Gasteiger partial charge in [0.1, 0.15) is 0 Å². The van der Waals surface area contributed by atoms with Gasteiger partial charge >= 0.3 is 0 Å². The van der Waals surface area contributed by atoms with Gasteiger partial charge < -0.3 is 0 Å². The molecule has 0 aliphatic heterocycles. The molecule has 0 aromatic heterocycles. The van der Waals surface area contributed by atoms with Crippen molar-refractivity contribution in [2.24, 2.45) is 5.41 Å². The summed E-state index contributed by atoms with van der Waals surface area (Å²) in [6, 6.07) is 17.4. The van der Waals surface area contributed by atoms with Gasteiger partial charge in [-0.2, -0.15) is 0 Å². The predicted octanol–water partition coefficient (Wildman–Crippen LogP) is 5.14. The van der Waals surface area contributed by atoms with Crippen molar-refractivity contribution < 1.29 is 0 Å². The molecule has 0 radical (unpaired) electrons. The highest BCUT2D eigenvalue weighted by atomic mass is 14.3. The van der Waals surface area contributed by atoms with E-state index in [9.17, 15) is 0 Å². The second kappa shape index (κ2) is 3.84. The molecule has 1 aliphatic rings. The minimum absolute atomic E-state index is 0.194. The number of hydrogen-bond acceptors (Lipinski definition) is 0. The van der Waals surface area contributed by atoms with E-state index in [2.05, 4.69) is 75.4 Å². The molecule has 90 valence electrons. The van der Waals surface area contributed by atoms with Crippen LogP contribution >= 0.6 is 0 Å². The third-order valence-electron chi connectivity index (χ3n) is 3.30. The zero-order chi connectivity index (χ0) is 12.8. The first-order valence-electron chi connectivity index (χ1n) is 6.48. The van der Waals surface area contributed by atoms with Gasteiger partial charge in [0.15, 0.2) is 0 Å². The van der Waals surface area contributed by atoms with Crippen LogP contribution in [0.25, 0.3) is 16.7 Å². The summed E-state index contributed by atoms with van der Waals surface area (Å²) in [7, 11) is 0. The van der Waals surface area contributed by atoms with Crippen molar-refractivity contribution in [3.8, 4) is 11.1 Å². The van der Waals surface area contributed by atoms with Crippen LogP contribution in [-0.4, -0.2) is 0 Å². The van der Waals surface area contributed by atoms with Crippen LogP contribution in [0.1, 0.15) is 31.9 Å². The first-order chi connectivity index (χ1) is 8.56. The van der Waals surface area contributed by atoms with Crippen molar-refractivity contribution in [3.63, 3.8) is 0 Å². The summed E-state index contributed by atoms with van der Waals surface area (Å²) in [5.41, 5.74) is 7.04. The van der Waals surface area contributed by atoms with Crippen LogP contribution in [0, 0.1) is 5.41 Å². The Morgan fingerprint density at radius 1 is 0.667 bits per heavy atom. The van der Waals surface area contributed by atoms with Gasteiger partial charge in [0, 0.05) is 0 Å². The maximum Gasteiger partial charge on any atom is -0.00991 e. The lowest BCUT2D eigenvalue weighted by Crippen LogP contribution is -2.00. The van der Waals surface area contributed by atoms with E-state index in [0.29, 0.717) is 0 Å². The van der Waals surface area contributed by atoms with Crippen molar-refractivity contribution in [2.75, 3.05) is 0 Å². The average molecular weight is 234 g/mol. The highest BCUT2D eigenvalue weighted by Gasteiger charge is 2.23. The van der Waals surface area contributed by atoms with Gasteiger partial charge in [-0.1, -0.05) is 75.4 Å². The lowest BCUT2D eigenvalue weighted by Gasteiger charge is -2.15. The van der Waals surface area contributed by atoms with Gasteiger partial charge in [0.2, 0.25) is 0 Å². The monoisotopic (exact) mass is 234 g/mol. The lowest BCUT2D eigenvalue weighted by molar-refractivity contribution is 0.546. The molecule has 0 fully saturated rings. The van der Waals surface area contributed by atoms with E-state index in [1.54, 1.807) is 0 Å². The molecule has 2 aromatic carbocycles. The average Bonchev–Trinajstić information content (AvgIpc) is 2.64. The van der Waals surface area contributed by atoms with Crippen molar-refractivity contribution in [2.45, 2.75) is 20.8 Å². The van der Waals surface area contributed by atoms with Gasteiger partial charge in [0.05, 0.1) is 0 Å². The third-order valence-corrected chi connectivity index (χ3v) is 3.30. The summed E-state index contributed by atoms with van der Waals surface area (Å²) in [5.74, 6) is 0. The largest absolute Gasteiger partial charge is 0.0706 e. The molecule has 0 N–H and O–H groups in total. The Morgan fingerprint density at radius 3 is 1.44 bits per heavy atom. The molecule has 1 aliphatic carbocycles. The Bertz CT molecular complexity index is 577. The van der Waals surface area contributed by atoms with Gasteiger partial charge in [0.25, 0.3) is 0 Å². The van der Waals surface area contributed by atoms with E-state index in [1.807, 2.05) is 0 Å². The van der Waals surface area contributed by atoms with Crippen LogP contribution in [0.4, 0.5) is 0 Å². The molecule has 2 aromatic rings. The molecule has 0 spiro atoms. The smallest absolute Gasteiger partial charge is 0.00991 e. The molecule has 0 saturated carbocycles. The summed E-state index contributed by atoms with van der Waals surface area (Å²) in [6.07, 6.45) is 2.39. The molecule has 18 heavy (non-hydrogen) atoms. The Labute approximate surface area is 109 Å². The Hall–Kier alpha value is -1.82. The van der Waals surface area contributed by atoms with Crippen LogP contribution in [0.3, 0.4) is 0 Å². The van der Waals surface area contributed by atoms with E-state index >= 15 is 0 Å². The third kappa shape index (κ3) is 1.78. The van der Waals surface area contributed by atoms with Crippen molar-refractivity contribution in [1.29, 1.82) is 0 Å². The fourth-order valence-corrected chi connectivity index (χ4v) is 2.64. The Kier molecular flexibility index (Phi) is 2.41. The molecule has 0 unspecified atom stereocenters. The highest BCUT2D eigenvalue weighted by Crippen LogP contribution is 2.45. The summed E-state index contributed by atoms with van der Waals surface area (Å²) in [5, 5.41) is 0. The molecule has 0 heterocycles. The van der Waals surface area contributed by atoms with Gasteiger partial charge in [-0.25, -0.2) is 0 Å².